The van der Waals surface area contributed by atoms with Crippen molar-refractivity contribution >= 4 is 28.3 Å². The van der Waals surface area contributed by atoms with E-state index in [2.05, 4.69) is 15.6 Å². The van der Waals surface area contributed by atoms with E-state index < -0.39 is 0 Å². The van der Waals surface area contributed by atoms with Crippen LogP contribution in [-0.2, 0) is 11.3 Å². The first-order chi connectivity index (χ1) is 12.0. The molecule has 0 saturated carbocycles. The van der Waals surface area contributed by atoms with E-state index in [9.17, 15) is 9.59 Å². The molecule has 0 aliphatic carbocycles. The van der Waals surface area contributed by atoms with Gasteiger partial charge in [-0.25, -0.2) is 4.98 Å². The first kappa shape index (κ1) is 19.1. The highest BCUT2D eigenvalue weighted by atomic mass is 32.1. The molecule has 2 aromatic rings. The van der Waals surface area contributed by atoms with Crippen molar-refractivity contribution in [3.63, 3.8) is 0 Å². The molecule has 134 valence electrons. The second-order valence-electron chi connectivity index (χ2n) is 5.68. The highest BCUT2D eigenvalue weighted by Gasteiger charge is 2.13. The lowest BCUT2D eigenvalue weighted by Gasteiger charge is -2.14. The first-order valence-corrected chi connectivity index (χ1v) is 9.17. The van der Waals surface area contributed by atoms with Gasteiger partial charge >= 0.3 is 0 Å². The van der Waals surface area contributed by atoms with Gasteiger partial charge in [0.2, 0.25) is 5.91 Å². The third-order valence-electron chi connectivity index (χ3n) is 3.67. The summed E-state index contributed by atoms with van der Waals surface area (Å²) in [4.78, 5) is 29.6. The van der Waals surface area contributed by atoms with Crippen molar-refractivity contribution in [2.45, 2.75) is 27.3 Å². The van der Waals surface area contributed by atoms with Crippen LogP contribution in [0.25, 0.3) is 0 Å². The number of rotatable bonds is 8. The number of nitrogens with one attached hydrogen (secondary N) is 2. The molecule has 1 heterocycles. The molecule has 2 rings (SSSR count). The van der Waals surface area contributed by atoms with Gasteiger partial charge in [0.05, 0.1) is 5.69 Å². The van der Waals surface area contributed by atoms with Crippen LogP contribution < -0.4 is 15.5 Å². The largest absolute Gasteiger partial charge is 0.351 e. The highest BCUT2D eigenvalue weighted by Crippen LogP contribution is 2.20. The standard InChI is InChI=1S/C18H24N4O2S/c1-4-22(14(3)23)18-21-16(12-25-18)11-19-9-10-20-17(24)15-7-5-13(2)6-8-15/h5-8,12,19H,4,9-11H2,1-3H3,(H,20,24). The fourth-order valence-corrected chi connectivity index (χ4v) is 3.21. The summed E-state index contributed by atoms with van der Waals surface area (Å²) in [5.41, 5.74) is 2.69. The predicted molar refractivity (Wildman–Crippen MR) is 101 cm³/mol. The van der Waals surface area contributed by atoms with Crippen LogP contribution in [0.15, 0.2) is 29.6 Å². The maximum Gasteiger partial charge on any atom is 0.251 e. The summed E-state index contributed by atoms with van der Waals surface area (Å²) < 4.78 is 0. The van der Waals surface area contributed by atoms with Crippen LogP contribution in [0, 0.1) is 6.92 Å². The normalized spacial score (nSPS) is 10.5. The molecule has 0 radical (unpaired) electrons. The van der Waals surface area contributed by atoms with Crippen molar-refractivity contribution in [2.75, 3.05) is 24.5 Å². The number of amides is 2. The Morgan fingerprint density at radius 3 is 2.56 bits per heavy atom. The Labute approximate surface area is 152 Å². The number of hydrogen-bond acceptors (Lipinski definition) is 5. The van der Waals surface area contributed by atoms with Crippen LogP contribution in [0.4, 0.5) is 5.13 Å². The summed E-state index contributed by atoms with van der Waals surface area (Å²) >= 11 is 1.46. The van der Waals surface area contributed by atoms with Gasteiger partial charge in [0.1, 0.15) is 0 Å². The molecule has 0 spiro atoms. The lowest BCUT2D eigenvalue weighted by atomic mass is 10.1. The Hall–Kier alpha value is -2.25. The second-order valence-corrected chi connectivity index (χ2v) is 6.52. The van der Waals surface area contributed by atoms with Crippen LogP contribution in [0.2, 0.25) is 0 Å². The zero-order valence-corrected chi connectivity index (χ0v) is 15.7. The van der Waals surface area contributed by atoms with Gasteiger partial charge in [-0.1, -0.05) is 17.7 Å². The maximum absolute atomic E-state index is 12.0. The molecule has 0 fully saturated rings. The smallest absolute Gasteiger partial charge is 0.251 e. The molecule has 1 aromatic heterocycles. The van der Waals surface area contributed by atoms with E-state index in [0.29, 0.717) is 31.7 Å². The minimum absolute atomic E-state index is 0.00447. The summed E-state index contributed by atoms with van der Waals surface area (Å²) in [5.74, 6) is -0.0760. The molecule has 7 heteroatoms. The van der Waals surface area contributed by atoms with Crippen LogP contribution in [0.1, 0.15) is 35.5 Å². The quantitative estimate of drug-likeness (QED) is 0.709. The van der Waals surface area contributed by atoms with E-state index in [0.717, 1.165) is 16.4 Å². The SMILES string of the molecule is CCN(C(C)=O)c1nc(CNCCNC(=O)c2ccc(C)cc2)cs1. The molecule has 2 N–H and O–H groups in total. The van der Waals surface area contributed by atoms with Crippen molar-refractivity contribution < 1.29 is 9.59 Å². The molecule has 0 aliphatic heterocycles. The van der Waals surface area contributed by atoms with Gasteiger partial charge in [0, 0.05) is 44.0 Å². The Bertz CT molecular complexity index is 712. The number of carbonyl (C=O) groups excluding carboxylic acids is 2. The zero-order valence-electron chi connectivity index (χ0n) is 14.8. The summed E-state index contributed by atoms with van der Waals surface area (Å²) in [7, 11) is 0. The zero-order chi connectivity index (χ0) is 18.2. The minimum Gasteiger partial charge on any atom is -0.351 e. The second kappa shape index (κ2) is 9.29. The van der Waals surface area contributed by atoms with Gasteiger partial charge in [-0.3, -0.25) is 14.5 Å². The van der Waals surface area contributed by atoms with Crippen molar-refractivity contribution in [2.24, 2.45) is 0 Å². The summed E-state index contributed by atoms with van der Waals surface area (Å²) in [6.07, 6.45) is 0. The molecule has 2 amide bonds. The average molecular weight is 360 g/mol. The van der Waals surface area contributed by atoms with Crippen molar-refractivity contribution in [3.05, 3.63) is 46.5 Å². The Balaban J connectivity index is 1.71. The van der Waals surface area contributed by atoms with Crippen molar-refractivity contribution in [3.8, 4) is 0 Å². The van der Waals surface area contributed by atoms with Crippen LogP contribution in [0.5, 0.6) is 0 Å². The van der Waals surface area contributed by atoms with Gasteiger partial charge < -0.3 is 10.6 Å². The van der Waals surface area contributed by atoms with E-state index >= 15 is 0 Å². The Kier molecular flexibility index (Phi) is 7.09. The predicted octanol–water partition coefficient (Wildman–Crippen LogP) is 2.34. The van der Waals surface area contributed by atoms with Gasteiger partial charge in [-0.05, 0) is 26.0 Å². The molecule has 0 saturated heterocycles. The van der Waals surface area contributed by atoms with E-state index in [1.165, 1.54) is 11.3 Å². The Morgan fingerprint density at radius 1 is 1.20 bits per heavy atom. The lowest BCUT2D eigenvalue weighted by molar-refractivity contribution is -0.116. The van der Waals surface area contributed by atoms with Crippen molar-refractivity contribution in [1.29, 1.82) is 0 Å². The number of aryl methyl sites for hydroxylation is 1. The summed E-state index contributed by atoms with van der Waals surface area (Å²) in [5, 5.41) is 8.79. The molecule has 0 unspecified atom stereocenters. The van der Waals surface area contributed by atoms with Crippen LogP contribution >= 0.6 is 11.3 Å². The molecule has 0 aliphatic rings. The third-order valence-corrected chi connectivity index (χ3v) is 4.59. The monoisotopic (exact) mass is 360 g/mol. The molecule has 6 nitrogen and oxygen atoms in total. The van der Waals surface area contributed by atoms with E-state index in [1.807, 2.05) is 43.5 Å². The third kappa shape index (κ3) is 5.65. The number of thiazole rings is 1. The van der Waals surface area contributed by atoms with E-state index in [-0.39, 0.29) is 11.8 Å². The van der Waals surface area contributed by atoms with Gasteiger partial charge in [0.25, 0.3) is 5.91 Å². The lowest BCUT2D eigenvalue weighted by Crippen LogP contribution is -2.31. The van der Waals surface area contributed by atoms with Crippen LogP contribution in [-0.4, -0.2) is 36.4 Å². The number of aromatic nitrogens is 1. The number of nitrogens with zero attached hydrogens (tertiary/aromatic N) is 2. The maximum atomic E-state index is 12.0. The number of anilines is 1. The molecular formula is C18H24N4O2S. The van der Waals surface area contributed by atoms with Crippen molar-refractivity contribution in [1.82, 2.24) is 15.6 Å². The highest BCUT2D eigenvalue weighted by molar-refractivity contribution is 7.14. The number of hydrogen-bond donors (Lipinski definition) is 2. The van der Waals surface area contributed by atoms with E-state index in [4.69, 9.17) is 0 Å². The molecule has 0 bridgehead atoms. The minimum atomic E-state index is -0.0715. The first-order valence-electron chi connectivity index (χ1n) is 8.29. The number of benzene rings is 1. The fraction of sp³-hybridized carbons (Fsp3) is 0.389. The van der Waals surface area contributed by atoms with Gasteiger partial charge in [-0.15, -0.1) is 11.3 Å². The number of carbonyl (C=O) groups is 2. The van der Waals surface area contributed by atoms with Gasteiger partial charge in [-0.2, -0.15) is 0 Å². The molecule has 1 aromatic carbocycles. The molecular weight excluding hydrogens is 336 g/mol. The average Bonchev–Trinajstić information content (AvgIpc) is 3.03. The summed E-state index contributed by atoms with van der Waals surface area (Å²) in [6.45, 7) is 7.86. The Morgan fingerprint density at radius 2 is 1.92 bits per heavy atom. The topological polar surface area (TPSA) is 74.3 Å². The van der Waals surface area contributed by atoms with Crippen LogP contribution in [0.3, 0.4) is 0 Å². The fourth-order valence-electron chi connectivity index (χ4n) is 2.28. The molecule has 0 atom stereocenters. The molecule has 25 heavy (non-hydrogen) atoms. The summed E-state index contributed by atoms with van der Waals surface area (Å²) in [6, 6.07) is 7.49. The van der Waals surface area contributed by atoms with E-state index in [1.54, 1.807) is 11.8 Å². The van der Waals surface area contributed by atoms with Gasteiger partial charge in [0.15, 0.2) is 5.13 Å².